The first kappa shape index (κ1) is 30.3. The molecule has 0 fully saturated rings. The maximum Gasteiger partial charge on any atom is 0.338 e. The van der Waals surface area contributed by atoms with Gasteiger partial charge >= 0.3 is 23.9 Å². The lowest BCUT2D eigenvalue weighted by atomic mass is 10.1. The van der Waals surface area contributed by atoms with Gasteiger partial charge in [-0.05, 0) is 49.1 Å². The molecule has 0 aromatic heterocycles. The molecule has 9 heteroatoms. The van der Waals surface area contributed by atoms with Gasteiger partial charge in [0, 0.05) is 19.3 Å². The summed E-state index contributed by atoms with van der Waals surface area (Å²) >= 11 is 0. The van der Waals surface area contributed by atoms with Crippen LogP contribution in [0.5, 0.6) is 23.0 Å². The van der Waals surface area contributed by atoms with Crippen molar-refractivity contribution in [3.05, 3.63) is 47.5 Å². The first-order chi connectivity index (χ1) is 18.3. The second-order valence-corrected chi connectivity index (χ2v) is 8.78. The van der Waals surface area contributed by atoms with Crippen LogP contribution in [0.3, 0.4) is 0 Å². The number of unbranched alkanes of at least 4 members (excludes halogenated alkanes) is 3. The molecular weight excluding hydrogens is 492 g/mol. The first-order valence-corrected chi connectivity index (χ1v) is 13.0. The second kappa shape index (κ2) is 16.1. The third kappa shape index (κ3) is 10.2. The quantitative estimate of drug-likeness (QED) is 0.218. The number of ether oxygens (including phenoxy) is 4. The van der Waals surface area contributed by atoms with Gasteiger partial charge in [-0.3, -0.25) is 14.4 Å². The van der Waals surface area contributed by atoms with E-state index in [4.69, 9.17) is 18.9 Å². The van der Waals surface area contributed by atoms with E-state index in [-0.39, 0.29) is 54.4 Å². The minimum atomic E-state index is -0.779. The molecule has 0 aliphatic carbocycles. The molecule has 0 aliphatic heterocycles. The van der Waals surface area contributed by atoms with E-state index in [1.807, 2.05) is 20.8 Å². The summed E-state index contributed by atoms with van der Waals surface area (Å²) < 4.78 is 21.8. The minimum absolute atomic E-state index is 0.0614. The normalized spacial score (nSPS) is 10.5. The van der Waals surface area contributed by atoms with Gasteiger partial charge in [-0.15, -0.1) is 0 Å². The van der Waals surface area contributed by atoms with Gasteiger partial charge in [-0.2, -0.15) is 0 Å². The topological polar surface area (TPSA) is 125 Å². The van der Waals surface area contributed by atoms with Gasteiger partial charge in [0.05, 0.1) is 5.56 Å². The fourth-order valence-electron chi connectivity index (χ4n) is 3.25. The molecule has 0 saturated carbocycles. The van der Waals surface area contributed by atoms with Gasteiger partial charge in [0.15, 0.2) is 11.5 Å². The van der Waals surface area contributed by atoms with Gasteiger partial charge < -0.3 is 24.1 Å². The van der Waals surface area contributed by atoms with Crippen LogP contribution in [0.2, 0.25) is 0 Å². The van der Waals surface area contributed by atoms with Crippen molar-refractivity contribution >= 4 is 23.9 Å². The Balaban J connectivity index is 2.43. The highest BCUT2D eigenvalue weighted by Crippen LogP contribution is 2.40. The molecule has 0 radical (unpaired) electrons. The minimum Gasteiger partial charge on any atom is -0.508 e. The van der Waals surface area contributed by atoms with Gasteiger partial charge in [-0.25, -0.2) is 4.79 Å². The number of carbonyl (C=O) groups excluding carboxylic acids is 4. The highest BCUT2D eigenvalue weighted by molar-refractivity contribution is 5.92. The van der Waals surface area contributed by atoms with Crippen molar-refractivity contribution in [2.24, 2.45) is 0 Å². The van der Waals surface area contributed by atoms with E-state index in [2.05, 4.69) is 0 Å². The zero-order chi connectivity index (χ0) is 27.9. The van der Waals surface area contributed by atoms with E-state index in [1.54, 1.807) is 12.1 Å². The van der Waals surface area contributed by atoms with Crippen molar-refractivity contribution in [3.63, 3.8) is 0 Å². The smallest absolute Gasteiger partial charge is 0.338 e. The Morgan fingerprint density at radius 1 is 0.684 bits per heavy atom. The third-order valence-corrected chi connectivity index (χ3v) is 5.43. The summed E-state index contributed by atoms with van der Waals surface area (Å²) in [6.07, 6.45) is 4.36. The molecular formula is C29H36O9. The van der Waals surface area contributed by atoms with Crippen LogP contribution in [-0.4, -0.2) is 29.0 Å². The summed E-state index contributed by atoms with van der Waals surface area (Å²) in [5, 5.41) is 9.43. The largest absolute Gasteiger partial charge is 0.508 e. The molecule has 0 bridgehead atoms. The summed E-state index contributed by atoms with van der Waals surface area (Å²) in [5.74, 6) is -3.14. The molecule has 206 valence electrons. The number of carbonyl (C=O) groups is 4. The van der Waals surface area contributed by atoms with Crippen LogP contribution in [0.1, 0.15) is 94.5 Å². The molecule has 0 saturated heterocycles. The molecule has 0 unspecified atom stereocenters. The van der Waals surface area contributed by atoms with Crippen LogP contribution in [-0.2, 0) is 25.7 Å². The van der Waals surface area contributed by atoms with Crippen LogP contribution >= 0.6 is 0 Å². The Bertz CT molecular complexity index is 1050. The molecule has 38 heavy (non-hydrogen) atoms. The van der Waals surface area contributed by atoms with Crippen molar-refractivity contribution in [3.8, 4) is 23.0 Å². The fraction of sp³-hybridized carbons (Fsp3) is 0.448. The highest BCUT2D eigenvalue weighted by Gasteiger charge is 2.25. The Morgan fingerprint density at radius 2 is 1.13 bits per heavy atom. The number of esters is 4. The molecule has 0 heterocycles. The number of phenolic OH excluding ortho intramolecular Hbond substituents is 1. The summed E-state index contributed by atoms with van der Waals surface area (Å²) in [4.78, 5) is 50.3. The van der Waals surface area contributed by atoms with Crippen LogP contribution in [0, 0.1) is 0 Å². The van der Waals surface area contributed by atoms with Crippen molar-refractivity contribution in [2.45, 2.75) is 85.2 Å². The number of benzene rings is 2. The summed E-state index contributed by atoms with van der Waals surface area (Å²) in [7, 11) is 0. The van der Waals surface area contributed by atoms with Crippen LogP contribution in [0.25, 0.3) is 0 Å². The van der Waals surface area contributed by atoms with Crippen molar-refractivity contribution < 1.29 is 43.2 Å². The highest BCUT2D eigenvalue weighted by atomic mass is 16.6. The average molecular weight is 529 g/mol. The van der Waals surface area contributed by atoms with E-state index in [1.165, 1.54) is 24.3 Å². The molecule has 0 amide bonds. The molecule has 2 rings (SSSR count). The van der Waals surface area contributed by atoms with Gasteiger partial charge in [0.1, 0.15) is 12.4 Å². The first-order valence-electron chi connectivity index (χ1n) is 13.0. The molecule has 0 aliphatic rings. The van der Waals surface area contributed by atoms with Crippen molar-refractivity contribution in [1.29, 1.82) is 0 Å². The summed E-state index contributed by atoms with van der Waals surface area (Å²) in [6.45, 7) is 5.68. The SMILES string of the molecule is CCCCC(=O)Oc1cc(C(=O)OCc2ccc(O)cc2)cc(OC(=O)CCCC)c1OC(=O)CCCC. The van der Waals surface area contributed by atoms with Gasteiger partial charge in [-0.1, -0.05) is 52.2 Å². The lowest BCUT2D eigenvalue weighted by Crippen LogP contribution is -2.16. The van der Waals surface area contributed by atoms with Crippen LogP contribution in [0.15, 0.2) is 36.4 Å². The van der Waals surface area contributed by atoms with E-state index in [0.717, 1.165) is 19.3 Å². The lowest BCUT2D eigenvalue weighted by molar-refractivity contribution is -0.138. The van der Waals surface area contributed by atoms with Crippen molar-refractivity contribution in [2.75, 3.05) is 0 Å². The standard InChI is InChI=1S/C29H36O9/c1-4-7-10-25(31)36-23-17-21(29(34)35-19-20-13-15-22(30)16-14-20)18-24(37-26(32)11-8-5-2)28(23)38-27(33)12-9-6-3/h13-18,30H,4-12,19H2,1-3H3. The zero-order valence-corrected chi connectivity index (χ0v) is 22.2. The number of rotatable bonds is 15. The van der Waals surface area contributed by atoms with E-state index in [9.17, 15) is 24.3 Å². The Labute approximate surface area is 223 Å². The fourth-order valence-corrected chi connectivity index (χ4v) is 3.25. The zero-order valence-electron chi connectivity index (χ0n) is 22.2. The van der Waals surface area contributed by atoms with E-state index in [0.29, 0.717) is 24.8 Å². The van der Waals surface area contributed by atoms with Crippen LogP contribution in [0.4, 0.5) is 0 Å². The summed E-state index contributed by atoms with van der Waals surface area (Å²) in [6, 6.07) is 8.59. The van der Waals surface area contributed by atoms with Gasteiger partial charge in [0.25, 0.3) is 0 Å². The van der Waals surface area contributed by atoms with Crippen molar-refractivity contribution in [1.82, 2.24) is 0 Å². The molecule has 2 aromatic rings. The Morgan fingerprint density at radius 3 is 1.58 bits per heavy atom. The Hall–Kier alpha value is -3.88. The van der Waals surface area contributed by atoms with E-state index < -0.39 is 23.9 Å². The molecule has 2 aromatic carbocycles. The van der Waals surface area contributed by atoms with E-state index >= 15 is 0 Å². The average Bonchev–Trinajstić information content (AvgIpc) is 2.90. The van der Waals surface area contributed by atoms with Gasteiger partial charge in [0.2, 0.25) is 5.75 Å². The maximum atomic E-state index is 12.9. The maximum absolute atomic E-state index is 12.9. The monoisotopic (exact) mass is 528 g/mol. The number of aromatic hydroxyl groups is 1. The van der Waals surface area contributed by atoms with Crippen LogP contribution < -0.4 is 14.2 Å². The predicted molar refractivity (Wildman–Crippen MR) is 139 cm³/mol. The lowest BCUT2D eigenvalue weighted by Gasteiger charge is -2.16. The number of hydrogen-bond donors (Lipinski definition) is 1. The number of phenols is 1. The summed E-state index contributed by atoms with van der Waals surface area (Å²) in [5.41, 5.74) is 0.573. The Kier molecular flexibility index (Phi) is 12.8. The molecule has 0 spiro atoms. The molecule has 1 N–H and O–H groups in total. The molecule has 0 atom stereocenters. The predicted octanol–water partition coefficient (Wildman–Crippen LogP) is 6.04. The second-order valence-electron chi connectivity index (χ2n) is 8.78. The number of hydrogen-bond acceptors (Lipinski definition) is 9. The molecule has 9 nitrogen and oxygen atoms in total. The third-order valence-electron chi connectivity index (χ3n) is 5.43.